The standard InChI is InChI=1S/C22H17F2N5O3S2/c1-12-9-15(27-13(2)30)11-26-21(12)34(31,32)29-22-28-19(14-6-7-16(23)17(24)10-14)20(33-22)18-5-3-4-8-25-18/h3-11H,1-2H3,(H,27,30)(H,28,29). The second-order valence-electron chi connectivity index (χ2n) is 7.17. The smallest absolute Gasteiger partial charge is 0.281 e. The summed E-state index contributed by atoms with van der Waals surface area (Å²) in [5, 5.41) is 2.29. The molecule has 0 atom stereocenters. The van der Waals surface area contributed by atoms with Gasteiger partial charge in [0.25, 0.3) is 10.0 Å². The first-order valence-corrected chi connectivity index (χ1v) is 12.1. The lowest BCUT2D eigenvalue weighted by molar-refractivity contribution is -0.114. The van der Waals surface area contributed by atoms with Crippen molar-refractivity contribution in [1.29, 1.82) is 0 Å². The number of thiazole rings is 1. The van der Waals surface area contributed by atoms with Gasteiger partial charge in [0.15, 0.2) is 21.8 Å². The summed E-state index contributed by atoms with van der Waals surface area (Å²) >= 11 is 0.992. The van der Waals surface area contributed by atoms with Crippen LogP contribution in [0.5, 0.6) is 0 Å². The zero-order chi connectivity index (χ0) is 24.5. The molecule has 0 radical (unpaired) electrons. The number of carbonyl (C=O) groups is 1. The Morgan fingerprint density at radius 3 is 2.50 bits per heavy atom. The minimum atomic E-state index is -4.15. The van der Waals surface area contributed by atoms with Gasteiger partial charge in [-0.05, 0) is 48.9 Å². The number of pyridine rings is 2. The van der Waals surface area contributed by atoms with Crippen molar-refractivity contribution in [3.05, 3.63) is 72.1 Å². The van der Waals surface area contributed by atoms with E-state index in [2.05, 4.69) is 25.0 Å². The lowest BCUT2D eigenvalue weighted by Crippen LogP contribution is -2.16. The van der Waals surface area contributed by atoms with E-state index in [0.717, 1.165) is 23.5 Å². The minimum Gasteiger partial charge on any atom is -0.325 e. The fourth-order valence-corrected chi connectivity index (χ4v) is 5.51. The number of amides is 1. The maximum absolute atomic E-state index is 13.9. The van der Waals surface area contributed by atoms with Crippen LogP contribution in [0.2, 0.25) is 0 Å². The number of hydrogen-bond acceptors (Lipinski definition) is 7. The zero-order valence-electron chi connectivity index (χ0n) is 17.8. The molecule has 0 spiro atoms. The van der Waals surface area contributed by atoms with Crippen LogP contribution in [0.25, 0.3) is 21.8 Å². The summed E-state index contributed by atoms with van der Waals surface area (Å²) in [4.78, 5) is 24.3. The van der Waals surface area contributed by atoms with Crippen molar-refractivity contribution in [2.45, 2.75) is 18.9 Å². The Balaban J connectivity index is 1.74. The third-order valence-electron chi connectivity index (χ3n) is 4.54. The molecule has 174 valence electrons. The number of nitrogens with one attached hydrogen (secondary N) is 2. The SMILES string of the molecule is CC(=O)Nc1cnc(S(=O)(=O)Nc2nc(-c3ccc(F)c(F)c3)c(-c3ccccn3)s2)c(C)c1. The number of benzene rings is 1. The topological polar surface area (TPSA) is 114 Å². The van der Waals surface area contributed by atoms with Gasteiger partial charge in [0.1, 0.15) is 0 Å². The van der Waals surface area contributed by atoms with Crippen LogP contribution < -0.4 is 10.0 Å². The second kappa shape index (κ2) is 9.23. The molecule has 1 amide bonds. The Bertz CT molecular complexity index is 1490. The van der Waals surface area contributed by atoms with E-state index in [1.807, 2.05) is 0 Å². The lowest BCUT2D eigenvalue weighted by atomic mass is 10.1. The van der Waals surface area contributed by atoms with Crippen LogP contribution in [0.4, 0.5) is 19.6 Å². The molecule has 3 aromatic heterocycles. The van der Waals surface area contributed by atoms with E-state index in [-0.39, 0.29) is 27.3 Å². The summed E-state index contributed by atoms with van der Waals surface area (Å²) in [6, 6.07) is 9.94. The van der Waals surface area contributed by atoms with E-state index in [1.54, 1.807) is 31.3 Å². The molecule has 2 N–H and O–H groups in total. The molecular formula is C22H17F2N5O3S2. The Labute approximate surface area is 197 Å². The van der Waals surface area contributed by atoms with E-state index in [0.29, 0.717) is 21.8 Å². The number of hydrogen-bond donors (Lipinski definition) is 2. The van der Waals surface area contributed by atoms with Gasteiger partial charge in [0, 0.05) is 18.7 Å². The van der Waals surface area contributed by atoms with Crippen molar-refractivity contribution in [3.63, 3.8) is 0 Å². The molecule has 0 aliphatic carbocycles. The molecule has 0 bridgehead atoms. The first-order valence-electron chi connectivity index (χ1n) is 9.79. The number of anilines is 2. The van der Waals surface area contributed by atoms with Gasteiger partial charge in [-0.1, -0.05) is 17.4 Å². The Morgan fingerprint density at radius 1 is 1.06 bits per heavy atom. The van der Waals surface area contributed by atoms with E-state index in [9.17, 15) is 22.0 Å². The van der Waals surface area contributed by atoms with Crippen LogP contribution in [-0.2, 0) is 14.8 Å². The summed E-state index contributed by atoms with van der Waals surface area (Å²) in [5.74, 6) is -2.38. The maximum Gasteiger partial charge on any atom is 0.281 e. The van der Waals surface area contributed by atoms with Gasteiger partial charge >= 0.3 is 0 Å². The van der Waals surface area contributed by atoms with Crippen molar-refractivity contribution in [1.82, 2.24) is 15.0 Å². The van der Waals surface area contributed by atoms with Crippen LogP contribution in [-0.4, -0.2) is 29.3 Å². The Hall–Kier alpha value is -3.77. The van der Waals surface area contributed by atoms with E-state index in [4.69, 9.17) is 0 Å². The van der Waals surface area contributed by atoms with Crippen molar-refractivity contribution in [3.8, 4) is 21.8 Å². The zero-order valence-corrected chi connectivity index (χ0v) is 19.5. The molecule has 8 nitrogen and oxygen atoms in total. The van der Waals surface area contributed by atoms with Crippen molar-refractivity contribution in [2.24, 2.45) is 0 Å². The third-order valence-corrected chi connectivity index (χ3v) is 7.07. The lowest BCUT2D eigenvalue weighted by Gasteiger charge is -2.09. The number of halogens is 2. The molecule has 12 heteroatoms. The van der Waals surface area contributed by atoms with Crippen LogP contribution in [0.3, 0.4) is 0 Å². The van der Waals surface area contributed by atoms with Gasteiger partial charge in [-0.2, -0.15) is 8.42 Å². The number of rotatable bonds is 6. The molecule has 3 heterocycles. The quantitative estimate of drug-likeness (QED) is 0.399. The molecule has 0 saturated carbocycles. The predicted molar refractivity (Wildman–Crippen MR) is 125 cm³/mol. The summed E-state index contributed by atoms with van der Waals surface area (Å²) in [5.41, 5.74) is 1.65. The van der Waals surface area contributed by atoms with Crippen molar-refractivity contribution < 1.29 is 22.0 Å². The second-order valence-corrected chi connectivity index (χ2v) is 9.77. The highest BCUT2D eigenvalue weighted by atomic mass is 32.2. The first-order chi connectivity index (χ1) is 16.1. The highest BCUT2D eigenvalue weighted by Crippen LogP contribution is 2.39. The molecule has 0 fully saturated rings. The molecule has 34 heavy (non-hydrogen) atoms. The van der Waals surface area contributed by atoms with Crippen LogP contribution in [0.15, 0.2) is 59.9 Å². The van der Waals surface area contributed by atoms with E-state index >= 15 is 0 Å². The fraction of sp³-hybridized carbons (Fsp3) is 0.0909. The summed E-state index contributed by atoms with van der Waals surface area (Å²) in [6.07, 6.45) is 2.79. The number of sulfonamides is 1. The average Bonchev–Trinajstić information content (AvgIpc) is 3.18. The van der Waals surface area contributed by atoms with Crippen molar-refractivity contribution >= 4 is 38.1 Å². The van der Waals surface area contributed by atoms with Crippen LogP contribution in [0.1, 0.15) is 12.5 Å². The van der Waals surface area contributed by atoms with E-state index in [1.165, 1.54) is 25.3 Å². The Kier molecular flexibility index (Phi) is 6.35. The summed E-state index contributed by atoms with van der Waals surface area (Å²) in [7, 11) is -4.15. The van der Waals surface area contributed by atoms with Gasteiger partial charge in [0.2, 0.25) is 5.91 Å². The van der Waals surface area contributed by atoms with Gasteiger partial charge in [-0.25, -0.2) is 18.7 Å². The number of nitrogens with zero attached hydrogens (tertiary/aromatic N) is 3. The maximum atomic E-state index is 13.9. The largest absolute Gasteiger partial charge is 0.325 e. The molecule has 1 aromatic carbocycles. The van der Waals surface area contributed by atoms with Crippen molar-refractivity contribution in [2.75, 3.05) is 10.0 Å². The van der Waals surface area contributed by atoms with Gasteiger partial charge in [-0.3, -0.25) is 14.5 Å². The molecule has 0 unspecified atom stereocenters. The predicted octanol–water partition coefficient (Wildman–Crippen LogP) is 4.61. The molecular weight excluding hydrogens is 484 g/mol. The Morgan fingerprint density at radius 2 is 1.85 bits per heavy atom. The molecule has 0 aliphatic rings. The fourth-order valence-electron chi connectivity index (χ4n) is 3.15. The molecule has 4 aromatic rings. The highest BCUT2D eigenvalue weighted by molar-refractivity contribution is 7.92. The molecule has 0 saturated heterocycles. The average molecular weight is 502 g/mol. The monoisotopic (exact) mass is 501 g/mol. The third kappa shape index (κ3) is 4.92. The van der Waals surface area contributed by atoms with Crippen LogP contribution >= 0.6 is 11.3 Å². The first kappa shape index (κ1) is 23.4. The minimum absolute atomic E-state index is 0.00692. The normalized spacial score (nSPS) is 11.3. The van der Waals surface area contributed by atoms with Gasteiger partial charge in [0.05, 0.1) is 28.1 Å². The van der Waals surface area contributed by atoms with E-state index < -0.39 is 21.7 Å². The molecule has 0 aliphatic heterocycles. The number of carbonyl (C=O) groups excluding carboxylic acids is 1. The molecule has 4 rings (SSSR count). The summed E-state index contributed by atoms with van der Waals surface area (Å²) < 4.78 is 55.8. The number of aryl methyl sites for hydroxylation is 1. The number of aromatic nitrogens is 3. The summed E-state index contributed by atoms with van der Waals surface area (Å²) in [6.45, 7) is 2.87. The van der Waals surface area contributed by atoms with Gasteiger partial charge in [-0.15, -0.1) is 0 Å². The highest BCUT2D eigenvalue weighted by Gasteiger charge is 2.24. The van der Waals surface area contributed by atoms with Crippen LogP contribution in [0, 0.1) is 18.6 Å². The van der Waals surface area contributed by atoms with Gasteiger partial charge < -0.3 is 5.32 Å².